The molecule has 0 fully saturated rings. The Bertz CT molecular complexity index is 1160. The van der Waals surface area contributed by atoms with Gasteiger partial charge in [0.15, 0.2) is 0 Å². The summed E-state index contributed by atoms with van der Waals surface area (Å²) in [4.78, 5) is 36.8. The van der Waals surface area contributed by atoms with Gasteiger partial charge in [0.2, 0.25) is 5.88 Å². The first-order valence-electron chi connectivity index (χ1n) is 7.70. The minimum atomic E-state index is -0.797. The average molecular weight is 371 g/mol. The Hall–Kier alpha value is -3.40. The van der Waals surface area contributed by atoms with Crippen LogP contribution in [0.2, 0.25) is 0 Å². The summed E-state index contributed by atoms with van der Waals surface area (Å²) in [6.07, 6.45) is 0.594. The van der Waals surface area contributed by atoms with E-state index in [4.69, 9.17) is 9.47 Å². The number of carbonyl (C=O) groups excluding carboxylic acids is 1. The Labute approximate surface area is 150 Å². The number of thiazole rings is 1. The Kier molecular flexibility index (Phi) is 4.01. The van der Waals surface area contributed by atoms with Gasteiger partial charge in [0.05, 0.1) is 22.2 Å². The van der Waals surface area contributed by atoms with Crippen molar-refractivity contribution in [3.8, 4) is 5.88 Å². The second kappa shape index (κ2) is 6.48. The van der Waals surface area contributed by atoms with Crippen LogP contribution in [-0.4, -0.2) is 32.7 Å². The highest BCUT2D eigenvalue weighted by molar-refractivity contribution is 7.16. The van der Waals surface area contributed by atoms with Crippen LogP contribution < -0.4 is 14.9 Å². The van der Waals surface area contributed by atoms with Gasteiger partial charge < -0.3 is 24.8 Å². The van der Waals surface area contributed by atoms with E-state index in [1.807, 2.05) is 18.2 Å². The number of hydrogen-bond donors (Lipinski definition) is 3. The molecule has 0 spiro atoms. The molecule has 26 heavy (non-hydrogen) atoms. The minimum absolute atomic E-state index is 0.104. The predicted molar refractivity (Wildman–Crippen MR) is 97.3 cm³/mol. The fourth-order valence-corrected chi connectivity index (χ4v) is 3.24. The number of hydrogen-bond acceptors (Lipinski definition) is 8. The Balaban J connectivity index is 1.65. The molecule has 3 aromatic heterocycles. The van der Waals surface area contributed by atoms with Gasteiger partial charge in [0.25, 0.3) is 0 Å². The number of aromatic amines is 2. The highest BCUT2D eigenvalue weighted by Crippen LogP contribution is 2.28. The van der Waals surface area contributed by atoms with E-state index in [1.165, 1.54) is 6.33 Å². The van der Waals surface area contributed by atoms with Crippen molar-refractivity contribution in [2.75, 3.05) is 11.9 Å². The van der Waals surface area contributed by atoms with Crippen LogP contribution in [0, 0.1) is 0 Å². The van der Waals surface area contributed by atoms with Gasteiger partial charge in [-0.3, -0.25) is 4.79 Å². The normalized spacial score (nSPS) is 11.0. The lowest BCUT2D eigenvalue weighted by Gasteiger charge is -2.06. The molecule has 3 heterocycles. The van der Waals surface area contributed by atoms with Gasteiger partial charge in [-0.05, 0) is 25.1 Å². The molecule has 132 valence electrons. The van der Waals surface area contributed by atoms with Crippen molar-refractivity contribution in [2.45, 2.75) is 6.92 Å². The lowest BCUT2D eigenvalue weighted by Crippen LogP contribution is -2.10. The van der Waals surface area contributed by atoms with Crippen LogP contribution in [0.3, 0.4) is 0 Å². The van der Waals surface area contributed by atoms with Gasteiger partial charge in [0.1, 0.15) is 17.8 Å². The number of aromatic nitrogens is 4. The molecule has 0 saturated heterocycles. The summed E-state index contributed by atoms with van der Waals surface area (Å²) in [6.45, 7) is 1.91. The summed E-state index contributed by atoms with van der Waals surface area (Å²) in [5.74, 6) is 0.744. The number of anilines is 2. The lowest BCUT2D eigenvalue weighted by molar-refractivity contribution is 0.103. The molecule has 0 atom stereocenters. The van der Waals surface area contributed by atoms with Crippen molar-refractivity contribution >= 4 is 50.2 Å². The monoisotopic (exact) mass is 371 g/mol. The number of rotatable bonds is 4. The number of nitrogens with zero attached hydrogens (tertiary/aromatic N) is 2. The zero-order valence-corrected chi connectivity index (χ0v) is 14.3. The maximum Gasteiger partial charge on any atom is 0.515 e. The van der Waals surface area contributed by atoms with Crippen LogP contribution in [-0.2, 0) is 4.74 Å². The van der Waals surface area contributed by atoms with E-state index in [9.17, 15) is 9.59 Å². The Morgan fingerprint density at radius 3 is 3.00 bits per heavy atom. The molecule has 0 unspecified atom stereocenters. The zero-order chi connectivity index (χ0) is 18.1. The summed E-state index contributed by atoms with van der Waals surface area (Å²) >= 11 is 1.13. The van der Waals surface area contributed by atoms with Crippen molar-refractivity contribution in [1.82, 2.24) is 19.9 Å². The molecule has 0 aliphatic heterocycles. The van der Waals surface area contributed by atoms with Crippen molar-refractivity contribution in [1.29, 1.82) is 0 Å². The van der Waals surface area contributed by atoms with E-state index >= 15 is 0 Å². The molecule has 1 aromatic carbocycles. The smallest absolute Gasteiger partial charge is 0.434 e. The standard InChI is InChI=1S/C16H13N5O4S/c1-2-24-16(23)25-12-6-9-13(17-7-18-14(9)21-12)19-8-3-4-10-11(5-8)26-15(22)20-10/h3-7H,2H2,1H3,(H,20,22)(H2,17,18,19,21). The predicted octanol–water partition coefficient (Wildman–Crippen LogP) is 3.14. The number of fused-ring (bicyclic) bond motifs is 2. The second-order valence-electron chi connectivity index (χ2n) is 5.25. The first kappa shape index (κ1) is 16.1. The molecule has 0 aliphatic rings. The molecule has 4 rings (SSSR count). The highest BCUT2D eigenvalue weighted by atomic mass is 32.1. The molecule has 4 aromatic rings. The van der Waals surface area contributed by atoms with Crippen LogP contribution in [0.5, 0.6) is 5.88 Å². The Morgan fingerprint density at radius 1 is 1.27 bits per heavy atom. The van der Waals surface area contributed by atoms with Gasteiger partial charge in [-0.1, -0.05) is 11.3 Å². The fraction of sp³-hybridized carbons (Fsp3) is 0.125. The molecule has 0 bridgehead atoms. The summed E-state index contributed by atoms with van der Waals surface area (Å²) < 4.78 is 10.6. The fourth-order valence-electron chi connectivity index (χ4n) is 2.47. The number of benzene rings is 1. The van der Waals surface area contributed by atoms with E-state index in [-0.39, 0.29) is 17.4 Å². The summed E-state index contributed by atoms with van der Waals surface area (Å²) in [7, 11) is 0. The van der Waals surface area contributed by atoms with Crippen molar-refractivity contribution in [3.63, 3.8) is 0 Å². The maximum absolute atomic E-state index is 11.4. The number of H-pyrrole nitrogens is 2. The Morgan fingerprint density at radius 2 is 2.15 bits per heavy atom. The summed E-state index contributed by atoms with van der Waals surface area (Å²) in [5.41, 5.74) is 2.06. The quantitative estimate of drug-likeness (QED) is 0.471. The van der Waals surface area contributed by atoms with E-state index in [2.05, 4.69) is 25.3 Å². The molecule has 10 heteroatoms. The summed E-state index contributed by atoms with van der Waals surface area (Å²) in [5, 5.41) is 3.84. The summed E-state index contributed by atoms with van der Waals surface area (Å²) in [6, 6.07) is 7.12. The van der Waals surface area contributed by atoms with Crippen LogP contribution in [0.1, 0.15) is 6.92 Å². The SMILES string of the molecule is CCOC(=O)Oc1cc2c(Nc3ccc4[nH]c(=O)sc4c3)ncnc2[nH]1. The largest absolute Gasteiger partial charge is 0.515 e. The third-order valence-corrected chi connectivity index (χ3v) is 4.39. The average Bonchev–Trinajstić information content (AvgIpc) is 3.17. The van der Waals surface area contributed by atoms with Crippen LogP contribution in [0.4, 0.5) is 16.3 Å². The van der Waals surface area contributed by atoms with Gasteiger partial charge in [0, 0.05) is 11.8 Å². The van der Waals surface area contributed by atoms with Crippen LogP contribution in [0.25, 0.3) is 21.3 Å². The zero-order valence-electron chi connectivity index (χ0n) is 13.5. The number of carbonyl (C=O) groups is 1. The molecule has 0 radical (unpaired) electrons. The van der Waals surface area contributed by atoms with Crippen LogP contribution >= 0.6 is 11.3 Å². The number of nitrogens with one attached hydrogen (secondary N) is 3. The van der Waals surface area contributed by atoms with Crippen molar-refractivity contribution in [3.05, 3.63) is 40.3 Å². The van der Waals surface area contributed by atoms with E-state index < -0.39 is 6.16 Å². The molecule has 0 aliphatic carbocycles. The second-order valence-corrected chi connectivity index (χ2v) is 6.27. The molecular formula is C16H13N5O4S. The molecule has 0 amide bonds. The van der Waals surface area contributed by atoms with Gasteiger partial charge in [-0.2, -0.15) is 0 Å². The molecular weight excluding hydrogens is 358 g/mol. The van der Waals surface area contributed by atoms with Crippen molar-refractivity contribution < 1.29 is 14.3 Å². The number of ether oxygens (including phenoxy) is 2. The first-order chi connectivity index (χ1) is 12.6. The molecule has 9 nitrogen and oxygen atoms in total. The van der Waals surface area contributed by atoms with E-state index in [0.717, 1.165) is 27.2 Å². The van der Waals surface area contributed by atoms with E-state index in [0.29, 0.717) is 16.9 Å². The first-order valence-corrected chi connectivity index (χ1v) is 8.52. The van der Waals surface area contributed by atoms with Crippen molar-refractivity contribution in [2.24, 2.45) is 0 Å². The maximum atomic E-state index is 11.4. The molecule has 0 saturated carbocycles. The van der Waals surface area contributed by atoms with Gasteiger partial charge >= 0.3 is 11.0 Å². The third kappa shape index (κ3) is 3.09. The lowest BCUT2D eigenvalue weighted by atomic mass is 10.3. The third-order valence-electron chi connectivity index (χ3n) is 3.54. The van der Waals surface area contributed by atoms with Gasteiger partial charge in [-0.15, -0.1) is 0 Å². The highest BCUT2D eigenvalue weighted by Gasteiger charge is 2.13. The van der Waals surface area contributed by atoms with Gasteiger partial charge in [-0.25, -0.2) is 14.8 Å². The topological polar surface area (TPSA) is 122 Å². The molecule has 3 N–H and O–H groups in total. The van der Waals surface area contributed by atoms with Crippen LogP contribution in [0.15, 0.2) is 35.4 Å². The van der Waals surface area contributed by atoms with E-state index in [1.54, 1.807) is 13.0 Å². The minimum Gasteiger partial charge on any atom is -0.434 e.